The third-order valence-electron chi connectivity index (χ3n) is 11.4. The van der Waals surface area contributed by atoms with Crippen LogP contribution >= 0.6 is 0 Å². The van der Waals surface area contributed by atoms with Crippen molar-refractivity contribution in [2.24, 2.45) is 5.92 Å². The van der Waals surface area contributed by atoms with Gasteiger partial charge >= 0.3 is 0 Å². The van der Waals surface area contributed by atoms with Crippen LogP contribution in [-0.4, -0.2) is 73.8 Å². The number of hydrogen-bond donors (Lipinski definition) is 1. The highest BCUT2D eigenvalue weighted by atomic mass is 19.1. The molecule has 3 fully saturated rings. The van der Waals surface area contributed by atoms with E-state index in [1.54, 1.807) is 24.3 Å². The van der Waals surface area contributed by atoms with Crippen LogP contribution in [-0.2, 0) is 16.0 Å². The average molecular weight is 727 g/mol. The standard InChI is InChI=1S/C41H39FN8O4/c42-28-5-1-4-27(23-28)32-7-3-19-48(32)37-15-14-35-43-24-34(50(35)46-37)31-6-2-8-36(44-31)47-20-17-25(18-21-47)9-10-26-11-12-29-30(22-26)41(54)49(40(29)53)33-13-16-38(51)45-39(33)52/h1-2,4-6,8,11-12,14-15,22-25,32-33H,3,7,9-10,13,16-21H2,(H,45,51,52). The summed E-state index contributed by atoms with van der Waals surface area (Å²) in [5, 5.41) is 7.26. The molecule has 0 radical (unpaired) electrons. The molecule has 5 aromatic rings. The first-order chi connectivity index (χ1) is 26.3. The van der Waals surface area contributed by atoms with Gasteiger partial charge in [0.1, 0.15) is 29.2 Å². The summed E-state index contributed by atoms with van der Waals surface area (Å²) in [5.74, 6) is 0.0377. The molecule has 3 saturated heterocycles. The molecule has 3 aromatic heterocycles. The SMILES string of the molecule is O=C1CCC(N2C(=O)c3ccc(CCC4CCN(c5cccc(-c6cnc7ccc(N8CCCC8c8cccc(F)c8)nn67)n5)CC4)cc3C2=O)C(=O)N1. The number of hydrogen-bond acceptors (Lipinski definition) is 9. The smallest absolute Gasteiger partial charge is 0.262 e. The van der Waals surface area contributed by atoms with Gasteiger partial charge in [0.15, 0.2) is 5.65 Å². The number of aryl methyl sites for hydroxylation is 1. The zero-order chi connectivity index (χ0) is 36.9. The molecule has 4 amide bonds. The van der Waals surface area contributed by atoms with Crippen LogP contribution < -0.4 is 15.1 Å². The van der Waals surface area contributed by atoms with Crippen molar-refractivity contribution < 1.29 is 23.6 Å². The Bertz CT molecular complexity index is 2320. The van der Waals surface area contributed by atoms with E-state index >= 15 is 0 Å². The number of fused-ring (bicyclic) bond motifs is 2. The van der Waals surface area contributed by atoms with Crippen molar-refractivity contribution in [2.75, 3.05) is 29.4 Å². The third kappa shape index (κ3) is 6.16. The first-order valence-corrected chi connectivity index (χ1v) is 18.7. The summed E-state index contributed by atoms with van der Waals surface area (Å²) < 4.78 is 15.9. The number of halogens is 1. The Morgan fingerprint density at radius 3 is 2.46 bits per heavy atom. The second-order valence-corrected chi connectivity index (χ2v) is 14.7. The number of aromatic nitrogens is 4. The van der Waals surface area contributed by atoms with Crippen molar-refractivity contribution in [1.29, 1.82) is 0 Å². The van der Waals surface area contributed by atoms with E-state index in [1.807, 2.05) is 53.2 Å². The van der Waals surface area contributed by atoms with E-state index in [4.69, 9.17) is 10.1 Å². The minimum atomic E-state index is -0.968. The van der Waals surface area contributed by atoms with Crippen molar-refractivity contribution in [3.8, 4) is 11.4 Å². The molecule has 2 unspecified atom stereocenters. The van der Waals surface area contributed by atoms with Gasteiger partial charge in [-0.2, -0.15) is 0 Å². The molecule has 1 N–H and O–H groups in total. The molecule has 4 aliphatic heterocycles. The number of nitrogens with one attached hydrogen (secondary N) is 1. The molecule has 13 heteroatoms. The van der Waals surface area contributed by atoms with Crippen molar-refractivity contribution in [3.05, 3.63) is 107 Å². The Balaban J connectivity index is 0.842. The number of amides is 4. The molecule has 0 aliphatic carbocycles. The molecule has 0 spiro atoms. The highest BCUT2D eigenvalue weighted by molar-refractivity contribution is 6.23. The lowest BCUT2D eigenvalue weighted by Gasteiger charge is -2.33. The molecule has 0 bridgehead atoms. The molecule has 4 aliphatic rings. The van der Waals surface area contributed by atoms with Gasteiger partial charge in [-0.3, -0.25) is 29.4 Å². The highest BCUT2D eigenvalue weighted by Gasteiger charge is 2.44. The Kier molecular flexibility index (Phi) is 8.63. The predicted octanol–water partition coefficient (Wildman–Crippen LogP) is 5.52. The van der Waals surface area contributed by atoms with Gasteiger partial charge in [0.25, 0.3) is 11.8 Å². The second kappa shape index (κ2) is 13.8. The minimum Gasteiger partial charge on any atom is -0.357 e. The third-order valence-corrected chi connectivity index (χ3v) is 11.4. The number of rotatable bonds is 8. The monoisotopic (exact) mass is 726 g/mol. The molecule has 274 valence electrons. The lowest BCUT2D eigenvalue weighted by molar-refractivity contribution is -0.136. The fourth-order valence-corrected chi connectivity index (χ4v) is 8.53. The number of imidazole rings is 1. The summed E-state index contributed by atoms with van der Waals surface area (Å²) in [6, 6.07) is 21.3. The van der Waals surface area contributed by atoms with E-state index in [2.05, 4.69) is 20.1 Å². The van der Waals surface area contributed by atoms with Gasteiger partial charge in [-0.05, 0) is 111 Å². The van der Waals surface area contributed by atoms with Crippen molar-refractivity contribution >= 4 is 40.9 Å². The molecule has 0 saturated carbocycles. The van der Waals surface area contributed by atoms with E-state index < -0.39 is 29.7 Å². The van der Waals surface area contributed by atoms with Gasteiger partial charge in [0.2, 0.25) is 11.8 Å². The molecule has 12 nitrogen and oxygen atoms in total. The fourth-order valence-electron chi connectivity index (χ4n) is 8.53. The van der Waals surface area contributed by atoms with Crippen LogP contribution in [0.1, 0.15) is 82.8 Å². The zero-order valence-electron chi connectivity index (χ0n) is 29.7. The topological polar surface area (TPSA) is 133 Å². The first-order valence-electron chi connectivity index (χ1n) is 18.7. The number of nitrogens with zero attached hydrogens (tertiary/aromatic N) is 7. The Labute approximate surface area is 311 Å². The highest BCUT2D eigenvalue weighted by Crippen LogP contribution is 2.36. The summed E-state index contributed by atoms with van der Waals surface area (Å²) in [7, 11) is 0. The molecule has 2 atom stereocenters. The number of carbonyl (C=O) groups is 4. The minimum absolute atomic E-state index is 0.0584. The summed E-state index contributed by atoms with van der Waals surface area (Å²) in [6.45, 7) is 2.57. The fraction of sp³-hybridized carbons (Fsp3) is 0.341. The Morgan fingerprint density at radius 1 is 0.796 bits per heavy atom. The maximum Gasteiger partial charge on any atom is 0.262 e. The molecule has 54 heavy (non-hydrogen) atoms. The molecular weight excluding hydrogens is 688 g/mol. The van der Waals surface area contributed by atoms with Gasteiger partial charge in [-0.15, -0.1) is 5.10 Å². The summed E-state index contributed by atoms with van der Waals surface area (Å²) in [6.07, 6.45) is 7.71. The summed E-state index contributed by atoms with van der Waals surface area (Å²) in [5.41, 5.74) is 4.89. The van der Waals surface area contributed by atoms with E-state index in [0.717, 1.165) is 103 Å². The van der Waals surface area contributed by atoms with Crippen LogP contribution in [0.4, 0.5) is 16.0 Å². The van der Waals surface area contributed by atoms with E-state index in [-0.39, 0.29) is 24.7 Å². The number of carbonyl (C=O) groups excluding carboxylic acids is 4. The number of imide groups is 2. The van der Waals surface area contributed by atoms with Crippen LogP contribution in [0, 0.1) is 11.7 Å². The summed E-state index contributed by atoms with van der Waals surface area (Å²) in [4.78, 5) is 65.6. The Hall–Kier alpha value is -5.98. The lowest BCUT2D eigenvalue weighted by Crippen LogP contribution is -2.54. The van der Waals surface area contributed by atoms with Crippen LogP contribution in [0.25, 0.3) is 17.0 Å². The van der Waals surface area contributed by atoms with Crippen molar-refractivity contribution in [1.82, 2.24) is 29.8 Å². The van der Waals surface area contributed by atoms with Gasteiger partial charge in [0.05, 0.1) is 29.1 Å². The van der Waals surface area contributed by atoms with E-state index in [0.29, 0.717) is 17.0 Å². The molecular formula is C41H39FN8O4. The van der Waals surface area contributed by atoms with Gasteiger partial charge in [0, 0.05) is 26.1 Å². The van der Waals surface area contributed by atoms with Gasteiger partial charge in [-0.25, -0.2) is 18.9 Å². The van der Waals surface area contributed by atoms with Gasteiger partial charge < -0.3 is 9.80 Å². The molecule has 9 rings (SSSR count). The van der Waals surface area contributed by atoms with E-state index in [1.165, 1.54) is 6.07 Å². The van der Waals surface area contributed by atoms with E-state index in [9.17, 15) is 23.6 Å². The van der Waals surface area contributed by atoms with Crippen LogP contribution in [0.5, 0.6) is 0 Å². The summed E-state index contributed by atoms with van der Waals surface area (Å²) >= 11 is 0. The number of piperidine rings is 2. The molecule has 7 heterocycles. The lowest BCUT2D eigenvalue weighted by atomic mass is 9.90. The second-order valence-electron chi connectivity index (χ2n) is 14.7. The largest absolute Gasteiger partial charge is 0.357 e. The van der Waals surface area contributed by atoms with Crippen molar-refractivity contribution in [2.45, 2.75) is 63.5 Å². The average Bonchev–Trinajstić information content (AvgIpc) is 3.91. The maximum absolute atomic E-state index is 14.1. The van der Waals surface area contributed by atoms with Crippen molar-refractivity contribution in [3.63, 3.8) is 0 Å². The Morgan fingerprint density at radius 2 is 1.63 bits per heavy atom. The zero-order valence-corrected chi connectivity index (χ0v) is 29.7. The maximum atomic E-state index is 14.1. The number of benzene rings is 2. The van der Waals surface area contributed by atoms with Crippen LogP contribution in [0.2, 0.25) is 0 Å². The molecule has 2 aromatic carbocycles. The normalized spacial score (nSPS) is 20.6. The predicted molar refractivity (Wildman–Crippen MR) is 198 cm³/mol. The van der Waals surface area contributed by atoms with Crippen LogP contribution in [0.15, 0.2) is 79.0 Å². The first kappa shape index (κ1) is 33.8. The number of pyridine rings is 1. The van der Waals surface area contributed by atoms with Gasteiger partial charge in [-0.1, -0.05) is 24.3 Å². The van der Waals surface area contributed by atoms with Crippen LogP contribution in [0.3, 0.4) is 0 Å². The number of anilines is 2. The quantitative estimate of drug-likeness (QED) is 0.205.